The Morgan fingerprint density at radius 3 is 2.50 bits per heavy atom. The Morgan fingerprint density at radius 1 is 1.30 bits per heavy atom. The van der Waals surface area contributed by atoms with E-state index in [1.54, 1.807) is 0 Å². The summed E-state index contributed by atoms with van der Waals surface area (Å²) in [6.45, 7) is 7.83. The molecule has 0 aromatic carbocycles. The largest absolute Gasteiger partial charge is 0.325 e. The minimum absolute atomic E-state index is 0.0902. The van der Waals surface area contributed by atoms with Crippen molar-refractivity contribution >= 4 is 5.91 Å². The predicted molar refractivity (Wildman–Crippen MR) is 81.2 cm³/mol. The Hall–Kier alpha value is -0.570. The molecule has 1 heterocycles. The van der Waals surface area contributed by atoms with E-state index in [4.69, 9.17) is 0 Å². The number of nitrogens with zero attached hydrogens (tertiary/aromatic N) is 1. The summed E-state index contributed by atoms with van der Waals surface area (Å²) in [5.74, 6) is 1.80. The maximum atomic E-state index is 12.7. The number of hydrogen-bond acceptors (Lipinski definition) is 2. The molecule has 20 heavy (non-hydrogen) atoms. The van der Waals surface area contributed by atoms with Crippen molar-refractivity contribution in [2.45, 2.75) is 77.9 Å². The van der Waals surface area contributed by atoms with E-state index in [1.807, 2.05) is 0 Å². The molecule has 0 aromatic heterocycles. The molecule has 0 aromatic rings. The first-order valence-electron chi connectivity index (χ1n) is 8.59. The van der Waals surface area contributed by atoms with Crippen LogP contribution >= 0.6 is 0 Å². The van der Waals surface area contributed by atoms with Crippen molar-refractivity contribution in [3.63, 3.8) is 0 Å². The lowest BCUT2D eigenvalue weighted by molar-refractivity contribution is -0.131. The minimum Gasteiger partial charge on any atom is -0.325 e. The van der Waals surface area contributed by atoms with Crippen molar-refractivity contribution in [1.29, 1.82) is 0 Å². The fourth-order valence-corrected chi connectivity index (χ4v) is 4.19. The standard InChI is InChI=1S/C17H30N2O/c1-4-7-14-16(20)19(11-13-10-17(13,2)3)15(18-14)12-8-5-6-9-12/h12-15,18H,4-11H2,1-3H3. The van der Waals surface area contributed by atoms with Crippen LogP contribution in [0.5, 0.6) is 0 Å². The van der Waals surface area contributed by atoms with Gasteiger partial charge in [0.1, 0.15) is 0 Å². The van der Waals surface area contributed by atoms with Crippen LogP contribution < -0.4 is 5.32 Å². The maximum Gasteiger partial charge on any atom is 0.241 e. The molecule has 114 valence electrons. The van der Waals surface area contributed by atoms with E-state index in [-0.39, 0.29) is 6.04 Å². The van der Waals surface area contributed by atoms with Gasteiger partial charge in [0.05, 0.1) is 12.2 Å². The number of carbonyl (C=O) groups excluding carboxylic acids is 1. The minimum atomic E-state index is 0.0902. The molecule has 0 bridgehead atoms. The van der Waals surface area contributed by atoms with Gasteiger partial charge in [-0.2, -0.15) is 0 Å². The molecule has 0 spiro atoms. The van der Waals surface area contributed by atoms with E-state index in [1.165, 1.54) is 32.1 Å². The van der Waals surface area contributed by atoms with Gasteiger partial charge in [-0.3, -0.25) is 10.1 Å². The first-order valence-corrected chi connectivity index (χ1v) is 8.59. The van der Waals surface area contributed by atoms with E-state index < -0.39 is 0 Å². The van der Waals surface area contributed by atoms with Crippen LogP contribution in [0.4, 0.5) is 0 Å². The molecule has 1 amide bonds. The van der Waals surface area contributed by atoms with Gasteiger partial charge in [-0.25, -0.2) is 0 Å². The van der Waals surface area contributed by atoms with Crippen LogP contribution in [0.25, 0.3) is 0 Å². The van der Waals surface area contributed by atoms with Gasteiger partial charge in [-0.15, -0.1) is 0 Å². The molecular weight excluding hydrogens is 248 g/mol. The van der Waals surface area contributed by atoms with Crippen molar-refractivity contribution < 1.29 is 4.79 Å². The lowest BCUT2D eigenvalue weighted by atomic mass is 10.0. The number of amides is 1. The van der Waals surface area contributed by atoms with Crippen molar-refractivity contribution in [2.75, 3.05) is 6.54 Å². The molecule has 2 aliphatic carbocycles. The molecule has 2 saturated carbocycles. The van der Waals surface area contributed by atoms with Crippen LogP contribution in [0.1, 0.15) is 65.7 Å². The average Bonchev–Trinajstić information content (AvgIpc) is 2.81. The maximum absolute atomic E-state index is 12.7. The number of rotatable bonds is 5. The van der Waals surface area contributed by atoms with Crippen LogP contribution in [-0.4, -0.2) is 29.6 Å². The van der Waals surface area contributed by atoms with E-state index >= 15 is 0 Å². The predicted octanol–water partition coefficient (Wildman–Crippen LogP) is 3.15. The molecular formula is C17H30N2O. The molecule has 3 atom stereocenters. The van der Waals surface area contributed by atoms with E-state index in [9.17, 15) is 4.79 Å². The second-order valence-electron chi connectivity index (χ2n) is 7.88. The zero-order chi connectivity index (χ0) is 14.3. The Morgan fingerprint density at radius 2 is 1.95 bits per heavy atom. The monoisotopic (exact) mass is 278 g/mol. The van der Waals surface area contributed by atoms with Gasteiger partial charge in [0.25, 0.3) is 0 Å². The lowest BCUT2D eigenvalue weighted by Crippen LogP contribution is -2.43. The first kappa shape index (κ1) is 14.4. The fraction of sp³-hybridized carbons (Fsp3) is 0.941. The third-order valence-corrected chi connectivity index (χ3v) is 5.85. The molecule has 3 nitrogen and oxygen atoms in total. The third kappa shape index (κ3) is 2.61. The summed E-state index contributed by atoms with van der Waals surface area (Å²) < 4.78 is 0. The highest BCUT2D eigenvalue weighted by Gasteiger charge is 2.50. The molecule has 3 unspecified atom stereocenters. The fourth-order valence-electron chi connectivity index (χ4n) is 4.19. The molecule has 3 fully saturated rings. The summed E-state index contributed by atoms with van der Waals surface area (Å²) in [5.41, 5.74) is 0.462. The van der Waals surface area contributed by atoms with Crippen molar-refractivity contribution in [3.8, 4) is 0 Å². The summed E-state index contributed by atoms with van der Waals surface area (Å²) in [6, 6.07) is 0.0902. The second-order valence-corrected chi connectivity index (χ2v) is 7.88. The van der Waals surface area contributed by atoms with Gasteiger partial charge in [0.15, 0.2) is 0 Å². The van der Waals surface area contributed by atoms with Gasteiger partial charge in [-0.1, -0.05) is 40.0 Å². The zero-order valence-corrected chi connectivity index (χ0v) is 13.3. The highest BCUT2D eigenvalue weighted by Crippen LogP contribution is 2.52. The molecule has 3 heteroatoms. The molecule has 3 aliphatic rings. The van der Waals surface area contributed by atoms with Gasteiger partial charge in [0.2, 0.25) is 5.91 Å². The van der Waals surface area contributed by atoms with Gasteiger partial charge >= 0.3 is 0 Å². The molecule has 3 rings (SSSR count). The van der Waals surface area contributed by atoms with Crippen LogP contribution in [0.3, 0.4) is 0 Å². The first-order chi connectivity index (χ1) is 9.53. The molecule has 0 radical (unpaired) electrons. The summed E-state index contributed by atoms with van der Waals surface area (Å²) in [6.07, 6.45) is 8.99. The lowest BCUT2D eigenvalue weighted by Gasteiger charge is -2.29. The normalized spacial score (nSPS) is 36.9. The second kappa shape index (κ2) is 5.32. The van der Waals surface area contributed by atoms with Crippen LogP contribution in [0.15, 0.2) is 0 Å². The third-order valence-electron chi connectivity index (χ3n) is 5.85. The number of nitrogens with one attached hydrogen (secondary N) is 1. The summed E-state index contributed by atoms with van der Waals surface area (Å²) >= 11 is 0. The summed E-state index contributed by atoms with van der Waals surface area (Å²) in [7, 11) is 0. The summed E-state index contributed by atoms with van der Waals surface area (Å²) in [5, 5.41) is 3.67. The Bertz CT molecular complexity index is 373. The van der Waals surface area contributed by atoms with Gasteiger partial charge in [0, 0.05) is 6.54 Å². The highest BCUT2D eigenvalue weighted by atomic mass is 16.2. The smallest absolute Gasteiger partial charge is 0.241 e. The Labute approximate surface area is 123 Å². The van der Waals surface area contributed by atoms with Crippen LogP contribution in [-0.2, 0) is 4.79 Å². The summed E-state index contributed by atoms with van der Waals surface area (Å²) in [4.78, 5) is 14.9. The van der Waals surface area contributed by atoms with E-state index in [0.717, 1.165) is 25.3 Å². The van der Waals surface area contributed by atoms with E-state index in [0.29, 0.717) is 23.4 Å². The van der Waals surface area contributed by atoms with Gasteiger partial charge in [-0.05, 0) is 42.9 Å². The SMILES string of the molecule is CCCC1NC(C2CCCC2)N(CC2CC2(C)C)C1=O. The topological polar surface area (TPSA) is 32.3 Å². The van der Waals surface area contributed by atoms with Crippen molar-refractivity contribution in [3.05, 3.63) is 0 Å². The number of carbonyl (C=O) groups is 1. The quantitative estimate of drug-likeness (QED) is 0.838. The van der Waals surface area contributed by atoms with Gasteiger partial charge < -0.3 is 4.90 Å². The van der Waals surface area contributed by atoms with Crippen LogP contribution in [0.2, 0.25) is 0 Å². The van der Waals surface area contributed by atoms with Crippen LogP contribution in [0, 0.1) is 17.3 Å². The van der Waals surface area contributed by atoms with E-state index in [2.05, 4.69) is 31.0 Å². The molecule has 1 aliphatic heterocycles. The average molecular weight is 278 g/mol. The van der Waals surface area contributed by atoms with Crippen molar-refractivity contribution in [1.82, 2.24) is 10.2 Å². The highest BCUT2D eigenvalue weighted by molar-refractivity contribution is 5.84. The van der Waals surface area contributed by atoms with Crippen molar-refractivity contribution in [2.24, 2.45) is 17.3 Å². The Balaban J connectivity index is 1.70. The molecule has 1 saturated heterocycles. The Kier molecular flexibility index (Phi) is 3.83. The zero-order valence-electron chi connectivity index (χ0n) is 13.3. The number of hydrogen-bond donors (Lipinski definition) is 1. The molecule has 1 N–H and O–H groups in total.